The fourth-order valence-corrected chi connectivity index (χ4v) is 3.26. The molecule has 0 unspecified atom stereocenters. The lowest BCUT2D eigenvalue weighted by Gasteiger charge is -2.46. The highest BCUT2D eigenvalue weighted by Crippen LogP contribution is 2.47. The van der Waals surface area contributed by atoms with Crippen molar-refractivity contribution in [2.24, 2.45) is 0 Å². The van der Waals surface area contributed by atoms with Gasteiger partial charge >= 0.3 is 5.97 Å². The van der Waals surface area contributed by atoms with Crippen LogP contribution < -0.4 is 0 Å². The van der Waals surface area contributed by atoms with Gasteiger partial charge in [0.15, 0.2) is 23.1 Å². The molecule has 0 aliphatic carbocycles. The standard InChI is InChI=1S/C22H24O10/c1-5-9-13(23)20(30,14(24)10-6-2)22(31,16(26)12-8-4)21(15(25)11-7-3)18(28)17(27)19(29)32-21/h5-12,27-28,30-31H,1-4H3/b9-5+,10-6+,11-7+,12-8+/t21-,22-/m0/s1. The Morgan fingerprint density at radius 2 is 1.19 bits per heavy atom. The van der Waals surface area contributed by atoms with Crippen LogP contribution in [0.2, 0.25) is 0 Å². The Balaban J connectivity index is 4.37. The molecule has 1 aliphatic heterocycles. The molecule has 10 heteroatoms. The molecule has 1 heterocycles. The molecule has 10 nitrogen and oxygen atoms in total. The lowest BCUT2D eigenvalue weighted by atomic mass is 9.62. The van der Waals surface area contributed by atoms with Crippen LogP contribution in [-0.2, 0) is 28.7 Å². The summed E-state index contributed by atoms with van der Waals surface area (Å²) in [6.07, 6.45) is 6.78. The van der Waals surface area contributed by atoms with Gasteiger partial charge in [-0.1, -0.05) is 24.3 Å². The van der Waals surface area contributed by atoms with E-state index in [9.17, 15) is 44.4 Å². The largest absolute Gasteiger partial charge is 0.504 e. The highest BCUT2D eigenvalue weighted by Gasteiger charge is 2.79. The van der Waals surface area contributed by atoms with Crippen molar-refractivity contribution >= 4 is 29.1 Å². The zero-order chi connectivity index (χ0) is 24.9. The van der Waals surface area contributed by atoms with Crippen LogP contribution in [0.4, 0.5) is 0 Å². The van der Waals surface area contributed by atoms with E-state index in [0.717, 1.165) is 24.3 Å². The molecule has 1 rings (SSSR count). The monoisotopic (exact) mass is 448 g/mol. The van der Waals surface area contributed by atoms with Gasteiger partial charge < -0.3 is 25.2 Å². The number of carbonyl (C=O) groups excluding carboxylic acids is 5. The van der Waals surface area contributed by atoms with E-state index in [4.69, 9.17) is 4.74 Å². The Hall–Kier alpha value is -3.63. The van der Waals surface area contributed by atoms with Gasteiger partial charge in [-0.05, 0) is 52.0 Å². The molecular formula is C22H24O10. The minimum atomic E-state index is -3.94. The van der Waals surface area contributed by atoms with Crippen LogP contribution in [0.3, 0.4) is 0 Å². The molecule has 1 aliphatic rings. The lowest BCUT2D eigenvalue weighted by Crippen LogP contribution is -2.79. The van der Waals surface area contributed by atoms with E-state index in [1.165, 1.54) is 27.7 Å². The number of aliphatic hydroxyl groups excluding tert-OH is 2. The molecular weight excluding hydrogens is 424 g/mol. The van der Waals surface area contributed by atoms with E-state index in [0.29, 0.717) is 24.3 Å². The molecule has 0 spiro atoms. The molecule has 0 amide bonds. The Labute approximate surface area is 183 Å². The van der Waals surface area contributed by atoms with Crippen LogP contribution in [0.15, 0.2) is 60.1 Å². The summed E-state index contributed by atoms with van der Waals surface area (Å²) in [5.74, 6) is -11.3. The van der Waals surface area contributed by atoms with Gasteiger partial charge in [-0.25, -0.2) is 4.79 Å². The van der Waals surface area contributed by atoms with Crippen molar-refractivity contribution in [3.63, 3.8) is 0 Å². The number of allylic oxidation sites excluding steroid dienone is 4. The number of rotatable bonds is 10. The predicted octanol–water partition coefficient (Wildman–Crippen LogP) is 0.653. The molecule has 0 aromatic rings. The van der Waals surface area contributed by atoms with Gasteiger partial charge in [0.05, 0.1) is 0 Å². The summed E-state index contributed by atoms with van der Waals surface area (Å²) >= 11 is 0. The average Bonchev–Trinajstić information content (AvgIpc) is 2.98. The Morgan fingerprint density at radius 3 is 1.53 bits per heavy atom. The molecule has 4 N–H and O–H groups in total. The van der Waals surface area contributed by atoms with Crippen molar-refractivity contribution in [1.82, 2.24) is 0 Å². The molecule has 172 valence electrons. The first-order chi connectivity index (χ1) is 14.9. The number of ether oxygens (including phenoxy) is 1. The number of hydrogen-bond acceptors (Lipinski definition) is 10. The van der Waals surface area contributed by atoms with Gasteiger partial charge in [0.25, 0.3) is 5.60 Å². The van der Waals surface area contributed by atoms with E-state index in [1.54, 1.807) is 0 Å². The van der Waals surface area contributed by atoms with Gasteiger partial charge in [0.2, 0.25) is 22.7 Å². The topological polar surface area (TPSA) is 175 Å². The van der Waals surface area contributed by atoms with Crippen molar-refractivity contribution in [2.75, 3.05) is 0 Å². The number of cyclic esters (lactones) is 1. The van der Waals surface area contributed by atoms with Crippen LogP contribution in [0.5, 0.6) is 0 Å². The van der Waals surface area contributed by atoms with Gasteiger partial charge in [-0.3, -0.25) is 19.2 Å². The number of carbonyl (C=O) groups is 5. The first kappa shape index (κ1) is 26.4. The second-order valence-electron chi connectivity index (χ2n) is 6.65. The minimum Gasteiger partial charge on any atom is -0.504 e. The van der Waals surface area contributed by atoms with Crippen LogP contribution >= 0.6 is 0 Å². The maximum absolute atomic E-state index is 13.2. The summed E-state index contributed by atoms with van der Waals surface area (Å²) < 4.78 is 4.79. The van der Waals surface area contributed by atoms with E-state index in [-0.39, 0.29) is 0 Å². The van der Waals surface area contributed by atoms with Crippen LogP contribution in [0.25, 0.3) is 0 Å². The Kier molecular flexibility index (Phi) is 7.98. The summed E-state index contributed by atoms with van der Waals surface area (Å²) in [6, 6.07) is 0. The molecule has 0 saturated heterocycles. The molecule has 0 bridgehead atoms. The maximum Gasteiger partial charge on any atom is 0.378 e. The first-order valence-corrected chi connectivity index (χ1v) is 9.37. The molecule has 0 aromatic carbocycles. The Morgan fingerprint density at radius 1 is 0.781 bits per heavy atom. The minimum absolute atomic E-state index is 0.595. The summed E-state index contributed by atoms with van der Waals surface area (Å²) in [4.78, 5) is 64.1. The van der Waals surface area contributed by atoms with Crippen LogP contribution in [0.1, 0.15) is 27.7 Å². The average molecular weight is 448 g/mol. The lowest BCUT2D eigenvalue weighted by molar-refractivity contribution is -0.223. The molecule has 0 fully saturated rings. The smallest absolute Gasteiger partial charge is 0.378 e. The number of esters is 1. The number of ketones is 4. The fraction of sp³-hybridized carbons (Fsp3) is 0.318. The highest BCUT2D eigenvalue weighted by atomic mass is 16.6. The van der Waals surface area contributed by atoms with Crippen molar-refractivity contribution in [2.45, 2.75) is 44.5 Å². The first-order valence-electron chi connectivity index (χ1n) is 9.37. The van der Waals surface area contributed by atoms with Gasteiger partial charge in [-0.15, -0.1) is 0 Å². The summed E-state index contributed by atoms with van der Waals surface area (Å²) in [6.45, 7) is 5.26. The van der Waals surface area contributed by atoms with Crippen molar-refractivity contribution in [1.29, 1.82) is 0 Å². The quantitative estimate of drug-likeness (QED) is 0.211. The molecule has 32 heavy (non-hydrogen) atoms. The predicted molar refractivity (Wildman–Crippen MR) is 110 cm³/mol. The molecule has 2 atom stereocenters. The van der Waals surface area contributed by atoms with Gasteiger partial charge in [0, 0.05) is 0 Å². The van der Waals surface area contributed by atoms with E-state index >= 15 is 0 Å². The maximum atomic E-state index is 13.2. The third kappa shape index (κ3) is 3.53. The second kappa shape index (κ2) is 9.67. The second-order valence-corrected chi connectivity index (χ2v) is 6.65. The van der Waals surface area contributed by atoms with E-state index in [2.05, 4.69) is 0 Å². The molecule has 0 saturated carbocycles. The van der Waals surface area contributed by atoms with Gasteiger partial charge in [-0.2, -0.15) is 0 Å². The fourth-order valence-electron chi connectivity index (χ4n) is 3.26. The van der Waals surface area contributed by atoms with Crippen LogP contribution in [-0.4, -0.2) is 66.3 Å². The third-order valence-electron chi connectivity index (χ3n) is 4.72. The summed E-state index contributed by atoms with van der Waals surface area (Å²) in [7, 11) is 0. The van der Waals surface area contributed by atoms with Crippen molar-refractivity contribution in [3.05, 3.63) is 60.1 Å². The van der Waals surface area contributed by atoms with E-state index in [1.807, 2.05) is 0 Å². The van der Waals surface area contributed by atoms with Crippen molar-refractivity contribution < 1.29 is 49.1 Å². The third-order valence-corrected chi connectivity index (χ3v) is 4.72. The van der Waals surface area contributed by atoms with Gasteiger partial charge in [0.1, 0.15) is 0 Å². The Bertz CT molecular complexity index is 970. The molecule has 0 aromatic heterocycles. The summed E-state index contributed by atoms with van der Waals surface area (Å²) in [5.41, 5.74) is -11.3. The zero-order valence-electron chi connectivity index (χ0n) is 17.9. The van der Waals surface area contributed by atoms with E-state index < -0.39 is 57.4 Å². The number of hydrogen-bond donors (Lipinski definition) is 4. The highest BCUT2D eigenvalue weighted by molar-refractivity contribution is 6.26. The number of aliphatic hydroxyl groups is 4. The van der Waals surface area contributed by atoms with Crippen molar-refractivity contribution in [3.8, 4) is 0 Å². The zero-order valence-corrected chi connectivity index (χ0v) is 17.9. The van der Waals surface area contributed by atoms with Crippen LogP contribution in [0, 0.1) is 0 Å². The molecule has 0 radical (unpaired) electrons. The normalized spacial score (nSPS) is 21.6. The SMILES string of the molecule is C/C=C/C(=O)C(O)(C(=O)/C=C/C)[C@@](O)(C(=O)/C=C/C)[C@@]1(C(=O)/C=C/C)OC(=O)C(O)=C1O. The summed E-state index contributed by atoms with van der Waals surface area (Å²) in [5, 5.41) is 43.5.